The molecular formula is C20H17NO3. The first-order valence-electron chi connectivity index (χ1n) is 7.65. The van der Waals surface area contributed by atoms with Crippen LogP contribution in [-0.2, 0) is 11.3 Å². The highest BCUT2D eigenvalue weighted by atomic mass is 16.5. The van der Waals surface area contributed by atoms with Crippen LogP contribution in [0.4, 0.5) is 10.5 Å². The van der Waals surface area contributed by atoms with Gasteiger partial charge in [-0.2, -0.15) is 0 Å². The molecule has 24 heavy (non-hydrogen) atoms. The summed E-state index contributed by atoms with van der Waals surface area (Å²) in [5.41, 5.74) is 1.85. The molecule has 0 saturated carbocycles. The summed E-state index contributed by atoms with van der Waals surface area (Å²) in [6.07, 6.45) is -0.585. The van der Waals surface area contributed by atoms with Crippen molar-refractivity contribution in [3.63, 3.8) is 0 Å². The highest BCUT2D eigenvalue weighted by molar-refractivity contribution is 6.11. The molecule has 3 aromatic carbocycles. The molecule has 1 amide bonds. The first-order chi connectivity index (χ1) is 11.6. The van der Waals surface area contributed by atoms with Crippen molar-refractivity contribution in [1.82, 2.24) is 0 Å². The number of fused-ring (bicyclic) bond motifs is 1. The van der Waals surface area contributed by atoms with Crippen LogP contribution in [0.25, 0.3) is 10.8 Å². The zero-order valence-corrected chi connectivity index (χ0v) is 13.3. The van der Waals surface area contributed by atoms with Crippen LogP contribution in [0.2, 0.25) is 0 Å². The molecular weight excluding hydrogens is 302 g/mol. The van der Waals surface area contributed by atoms with Gasteiger partial charge in [0.15, 0.2) is 5.78 Å². The van der Waals surface area contributed by atoms with Gasteiger partial charge in [0, 0.05) is 10.9 Å². The summed E-state index contributed by atoms with van der Waals surface area (Å²) in [5, 5.41) is 4.48. The Hall–Kier alpha value is -3.14. The standard InChI is InChI=1S/C20H17NO3/c1-14(22)17-12-11-16-9-5-6-10-18(16)19(17)21-20(23)24-13-15-7-3-2-4-8-15/h2-12H,13H2,1H3,(H,21,23). The van der Waals surface area contributed by atoms with Crippen molar-refractivity contribution in [2.75, 3.05) is 5.32 Å². The lowest BCUT2D eigenvalue weighted by atomic mass is 10.0. The average Bonchev–Trinajstić information content (AvgIpc) is 2.61. The molecule has 0 spiro atoms. The number of benzene rings is 3. The lowest BCUT2D eigenvalue weighted by molar-refractivity contribution is 0.101. The van der Waals surface area contributed by atoms with E-state index in [9.17, 15) is 9.59 Å². The van der Waals surface area contributed by atoms with Crippen molar-refractivity contribution in [1.29, 1.82) is 0 Å². The Labute approximate surface area is 140 Å². The summed E-state index contributed by atoms with van der Waals surface area (Å²) in [7, 11) is 0. The molecule has 0 atom stereocenters. The van der Waals surface area contributed by atoms with Gasteiger partial charge in [-0.3, -0.25) is 10.1 Å². The maximum Gasteiger partial charge on any atom is 0.411 e. The van der Waals surface area contributed by atoms with E-state index in [0.717, 1.165) is 16.3 Å². The Morgan fingerprint density at radius 2 is 1.62 bits per heavy atom. The van der Waals surface area contributed by atoms with Crippen LogP contribution in [0.5, 0.6) is 0 Å². The van der Waals surface area contributed by atoms with E-state index in [1.54, 1.807) is 6.07 Å². The SMILES string of the molecule is CC(=O)c1ccc2ccccc2c1NC(=O)OCc1ccccc1. The van der Waals surface area contributed by atoms with E-state index in [-0.39, 0.29) is 12.4 Å². The van der Waals surface area contributed by atoms with Gasteiger partial charge in [-0.05, 0) is 23.9 Å². The Kier molecular flexibility index (Phi) is 4.57. The number of amides is 1. The number of carbonyl (C=O) groups excluding carboxylic acids is 2. The summed E-state index contributed by atoms with van der Waals surface area (Å²) in [6.45, 7) is 1.65. The van der Waals surface area contributed by atoms with E-state index in [1.165, 1.54) is 6.92 Å². The maximum absolute atomic E-state index is 12.2. The van der Waals surface area contributed by atoms with Crippen LogP contribution in [0.1, 0.15) is 22.8 Å². The van der Waals surface area contributed by atoms with Crippen molar-refractivity contribution >= 4 is 28.3 Å². The number of carbonyl (C=O) groups is 2. The van der Waals surface area contributed by atoms with Crippen molar-refractivity contribution in [2.45, 2.75) is 13.5 Å². The second-order valence-electron chi connectivity index (χ2n) is 5.45. The molecule has 4 nitrogen and oxygen atoms in total. The summed E-state index contributed by atoms with van der Waals surface area (Å²) < 4.78 is 5.25. The largest absolute Gasteiger partial charge is 0.444 e. The summed E-state index contributed by atoms with van der Waals surface area (Å²) in [5.74, 6) is -0.112. The minimum atomic E-state index is -0.585. The van der Waals surface area contributed by atoms with E-state index in [4.69, 9.17) is 4.74 Å². The Balaban J connectivity index is 1.84. The second-order valence-corrected chi connectivity index (χ2v) is 5.45. The van der Waals surface area contributed by atoms with E-state index in [1.807, 2.05) is 60.7 Å². The minimum absolute atomic E-state index is 0.112. The fraction of sp³-hybridized carbons (Fsp3) is 0.100. The topological polar surface area (TPSA) is 55.4 Å². The van der Waals surface area contributed by atoms with Crippen LogP contribution in [0.15, 0.2) is 66.7 Å². The number of ether oxygens (including phenoxy) is 1. The van der Waals surface area contributed by atoms with Crippen LogP contribution in [-0.4, -0.2) is 11.9 Å². The number of hydrogen-bond donors (Lipinski definition) is 1. The van der Waals surface area contributed by atoms with Crippen molar-refractivity contribution in [3.8, 4) is 0 Å². The third-order valence-corrected chi connectivity index (χ3v) is 3.75. The first-order valence-corrected chi connectivity index (χ1v) is 7.65. The third kappa shape index (κ3) is 3.43. The van der Waals surface area contributed by atoms with Gasteiger partial charge < -0.3 is 4.74 Å². The molecule has 0 aliphatic heterocycles. The van der Waals surface area contributed by atoms with Gasteiger partial charge in [-0.25, -0.2) is 4.79 Å². The number of ketones is 1. The normalized spacial score (nSPS) is 10.4. The summed E-state index contributed by atoms with van der Waals surface area (Å²) in [4.78, 5) is 24.0. The molecule has 0 radical (unpaired) electrons. The Morgan fingerprint density at radius 3 is 2.38 bits per heavy atom. The quantitative estimate of drug-likeness (QED) is 0.703. The highest BCUT2D eigenvalue weighted by Crippen LogP contribution is 2.28. The summed E-state index contributed by atoms with van der Waals surface area (Å²) in [6, 6.07) is 20.6. The number of hydrogen-bond acceptors (Lipinski definition) is 3. The first kappa shape index (κ1) is 15.7. The molecule has 120 valence electrons. The van der Waals surface area contributed by atoms with Gasteiger partial charge in [0.25, 0.3) is 0 Å². The van der Waals surface area contributed by atoms with Gasteiger partial charge in [0.2, 0.25) is 0 Å². The maximum atomic E-state index is 12.2. The lowest BCUT2D eigenvalue weighted by Crippen LogP contribution is -2.16. The Morgan fingerprint density at radius 1 is 0.917 bits per heavy atom. The number of rotatable bonds is 4. The van der Waals surface area contributed by atoms with E-state index < -0.39 is 6.09 Å². The number of nitrogens with one attached hydrogen (secondary N) is 1. The predicted octanol–water partition coefficient (Wildman–Crippen LogP) is 4.79. The molecule has 1 N–H and O–H groups in total. The van der Waals surface area contributed by atoms with Gasteiger partial charge in [0.1, 0.15) is 6.61 Å². The fourth-order valence-electron chi connectivity index (χ4n) is 2.56. The smallest absolute Gasteiger partial charge is 0.411 e. The van der Waals surface area contributed by atoms with Crippen molar-refractivity contribution in [2.24, 2.45) is 0 Å². The van der Waals surface area contributed by atoms with Crippen LogP contribution in [0.3, 0.4) is 0 Å². The molecule has 0 aromatic heterocycles. The van der Waals surface area contributed by atoms with E-state index in [2.05, 4.69) is 5.32 Å². The molecule has 0 heterocycles. The predicted molar refractivity (Wildman–Crippen MR) is 94.2 cm³/mol. The van der Waals surface area contributed by atoms with Crippen LogP contribution in [0, 0.1) is 0 Å². The van der Waals surface area contributed by atoms with Gasteiger partial charge in [-0.15, -0.1) is 0 Å². The zero-order valence-electron chi connectivity index (χ0n) is 13.3. The van der Waals surface area contributed by atoms with Gasteiger partial charge in [-0.1, -0.05) is 60.7 Å². The monoisotopic (exact) mass is 319 g/mol. The molecule has 0 aliphatic carbocycles. The zero-order chi connectivity index (χ0) is 16.9. The number of anilines is 1. The third-order valence-electron chi connectivity index (χ3n) is 3.75. The van der Waals surface area contributed by atoms with Gasteiger partial charge in [0.05, 0.1) is 5.69 Å². The molecule has 0 unspecified atom stereocenters. The molecule has 0 fully saturated rings. The average molecular weight is 319 g/mol. The fourth-order valence-corrected chi connectivity index (χ4v) is 2.56. The molecule has 0 saturated heterocycles. The molecule has 3 aromatic rings. The van der Waals surface area contributed by atoms with Crippen molar-refractivity contribution < 1.29 is 14.3 Å². The minimum Gasteiger partial charge on any atom is -0.444 e. The molecule has 3 rings (SSSR count). The molecule has 4 heteroatoms. The molecule has 0 bridgehead atoms. The van der Waals surface area contributed by atoms with Crippen LogP contribution < -0.4 is 5.32 Å². The number of Topliss-reactive ketones (excluding diaryl/α,β-unsaturated/α-hetero) is 1. The van der Waals surface area contributed by atoms with Gasteiger partial charge >= 0.3 is 6.09 Å². The lowest BCUT2D eigenvalue weighted by Gasteiger charge is -2.13. The van der Waals surface area contributed by atoms with Crippen molar-refractivity contribution in [3.05, 3.63) is 77.9 Å². The second kappa shape index (κ2) is 6.96. The molecule has 0 aliphatic rings. The van der Waals surface area contributed by atoms with E-state index in [0.29, 0.717) is 11.3 Å². The Bertz CT molecular complexity index is 888. The highest BCUT2D eigenvalue weighted by Gasteiger charge is 2.14. The van der Waals surface area contributed by atoms with E-state index >= 15 is 0 Å². The summed E-state index contributed by atoms with van der Waals surface area (Å²) >= 11 is 0. The van der Waals surface area contributed by atoms with Crippen LogP contribution >= 0.6 is 0 Å².